The minimum Gasteiger partial charge on any atom is -0.464 e. The van der Waals surface area contributed by atoms with Gasteiger partial charge in [-0.15, -0.1) is 12.4 Å². The summed E-state index contributed by atoms with van der Waals surface area (Å²) in [7, 11) is 0. The van der Waals surface area contributed by atoms with E-state index in [1.807, 2.05) is 0 Å². The molecule has 2 atom stereocenters. The molecule has 5 heteroatoms. The van der Waals surface area contributed by atoms with Crippen molar-refractivity contribution in [2.45, 2.75) is 31.9 Å². The third-order valence-electron chi connectivity index (χ3n) is 1.87. The first kappa shape index (κ1) is 12.7. The Morgan fingerprint density at radius 1 is 1.69 bits per heavy atom. The summed E-state index contributed by atoms with van der Waals surface area (Å²) in [6, 6.07) is 0.0770. The summed E-state index contributed by atoms with van der Waals surface area (Å²) < 4.78 is 10.0. The van der Waals surface area contributed by atoms with Crippen LogP contribution in [0.3, 0.4) is 0 Å². The molecule has 1 fully saturated rings. The molecule has 1 heterocycles. The summed E-state index contributed by atoms with van der Waals surface area (Å²) in [6.07, 6.45) is 0.975. The first-order valence-corrected chi connectivity index (χ1v) is 4.28. The maximum Gasteiger partial charge on any atom is 0.335 e. The molecule has 0 bridgehead atoms. The van der Waals surface area contributed by atoms with Crippen molar-refractivity contribution in [3.63, 3.8) is 0 Å². The van der Waals surface area contributed by atoms with E-state index in [-0.39, 0.29) is 24.4 Å². The van der Waals surface area contributed by atoms with Crippen molar-refractivity contribution in [2.24, 2.45) is 5.73 Å². The molecule has 1 aliphatic heterocycles. The largest absolute Gasteiger partial charge is 0.464 e. The van der Waals surface area contributed by atoms with Gasteiger partial charge in [-0.05, 0) is 19.8 Å². The molecule has 0 saturated carbocycles. The maximum atomic E-state index is 11.1. The fraction of sp³-hybridized carbons (Fsp3) is 0.875. The molecule has 0 amide bonds. The lowest BCUT2D eigenvalue weighted by Gasteiger charge is -2.25. The summed E-state index contributed by atoms with van der Waals surface area (Å²) in [4.78, 5) is 11.1. The van der Waals surface area contributed by atoms with Crippen LogP contribution in [0.25, 0.3) is 0 Å². The van der Waals surface area contributed by atoms with Crippen LogP contribution < -0.4 is 5.73 Å². The van der Waals surface area contributed by atoms with Crippen LogP contribution in [-0.2, 0) is 14.3 Å². The van der Waals surface area contributed by atoms with Gasteiger partial charge >= 0.3 is 5.97 Å². The molecule has 0 spiro atoms. The molecule has 78 valence electrons. The van der Waals surface area contributed by atoms with Crippen molar-refractivity contribution in [1.29, 1.82) is 0 Å². The third-order valence-corrected chi connectivity index (χ3v) is 1.87. The molecule has 4 nitrogen and oxygen atoms in total. The molecule has 0 aromatic carbocycles. The number of carbonyl (C=O) groups is 1. The zero-order chi connectivity index (χ0) is 8.97. The fourth-order valence-corrected chi connectivity index (χ4v) is 1.22. The Labute approximate surface area is 84.2 Å². The summed E-state index contributed by atoms with van der Waals surface area (Å²) in [5.41, 5.74) is 5.67. The van der Waals surface area contributed by atoms with Crippen molar-refractivity contribution in [1.82, 2.24) is 0 Å². The third kappa shape index (κ3) is 3.93. The van der Waals surface area contributed by atoms with Crippen molar-refractivity contribution < 1.29 is 14.3 Å². The first-order valence-electron chi connectivity index (χ1n) is 4.28. The number of hydrogen-bond acceptors (Lipinski definition) is 4. The highest BCUT2D eigenvalue weighted by Crippen LogP contribution is 2.13. The Bertz CT molecular complexity index is 165. The quantitative estimate of drug-likeness (QED) is 0.672. The maximum absolute atomic E-state index is 11.1. The highest BCUT2D eigenvalue weighted by molar-refractivity contribution is 5.85. The molecule has 0 aromatic rings. The number of esters is 1. The van der Waals surface area contributed by atoms with E-state index in [1.54, 1.807) is 6.92 Å². The van der Waals surface area contributed by atoms with Gasteiger partial charge in [-0.2, -0.15) is 0 Å². The number of halogens is 1. The highest BCUT2D eigenvalue weighted by Gasteiger charge is 2.26. The second-order valence-corrected chi connectivity index (χ2v) is 2.90. The zero-order valence-corrected chi connectivity index (χ0v) is 8.51. The number of nitrogens with two attached hydrogens (primary N) is 1. The average Bonchev–Trinajstić information content (AvgIpc) is 2.05. The molecular weight excluding hydrogens is 194 g/mol. The van der Waals surface area contributed by atoms with E-state index >= 15 is 0 Å². The van der Waals surface area contributed by atoms with E-state index in [0.717, 1.165) is 6.42 Å². The normalized spacial score (nSPS) is 27.5. The van der Waals surface area contributed by atoms with Crippen molar-refractivity contribution in [2.75, 3.05) is 13.2 Å². The smallest absolute Gasteiger partial charge is 0.335 e. The number of hydrogen-bond donors (Lipinski definition) is 1. The Hall–Kier alpha value is -0.320. The molecule has 13 heavy (non-hydrogen) atoms. The molecular formula is C8H16ClNO3. The summed E-state index contributed by atoms with van der Waals surface area (Å²) in [5, 5.41) is 0. The van der Waals surface area contributed by atoms with Crippen molar-refractivity contribution >= 4 is 18.4 Å². The van der Waals surface area contributed by atoms with Gasteiger partial charge in [0.15, 0.2) is 6.10 Å². The second-order valence-electron chi connectivity index (χ2n) is 2.90. The van der Waals surface area contributed by atoms with E-state index < -0.39 is 6.10 Å². The minimum atomic E-state index is -0.436. The van der Waals surface area contributed by atoms with Gasteiger partial charge in [-0.1, -0.05) is 0 Å². The average molecular weight is 210 g/mol. The Morgan fingerprint density at radius 2 is 2.38 bits per heavy atom. The topological polar surface area (TPSA) is 61.5 Å². The lowest BCUT2D eigenvalue weighted by molar-refractivity contribution is -0.159. The van der Waals surface area contributed by atoms with Gasteiger partial charge in [0.25, 0.3) is 0 Å². The van der Waals surface area contributed by atoms with Gasteiger partial charge < -0.3 is 15.2 Å². The van der Waals surface area contributed by atoms with Gasteiger partial charge in [-0.25, -0.2) is 4.79 Å². The lowest BCUT2D eigenvalue weighted by Crippen LogP contribution is -2.39. The van der Waals surface area contributed by atoms with E-state index in [9.17, 15) is 4.79 Å². The van der Waals surface area contributed by atoms with Crippen molar-refractivity contribution in [3.8, 4) is 0 Å². The monoisotopic (exact) mass is 209 g/mol. The predicted molar refractivity (Wildman–Crippen MR) is 50.8 cm³/mol. The van der Waals surface area contributed by atoms with Crippen molar-refractivity contribution in [3.05, 3.63) is 0 Å². The molecule has 1 rings (SSSR count). The van der Waals surface area contributed by atoms with Gasteiger partial charge in [-0.3, -0.25) is 0 Å². The molecule has 0 aliphatic carbocycles. The summed E-state index contributed by atoms with van der Waals surface area (Å²) in [5.74, 6) is -0.285. The fourth-order valence-electron chi connectivity index (χ4n) is 1.22. The number of carbonyl (C=O) groups excluding carboxylic acids is 1. The lowest BCUT2D eigenvalue weighted by atomic mass is 10.0. The molecule has 1 saturated heterocycles. The second kappa shape index (κ2) is 6.18. The minimum absolute atomic E-state index is 0. The number of rotatable bonds is 2. The van der Waals surface area contributed by atoms with Crippen LogP contribution in [0, 0.1) is 0 Å². The van der Waals surface area contributed by atoms with Crippen LogP contribution in [0.1, 0.15) is 19.8 Å². The molecule has 0 aromatic heterocycles. The SMILES string of the molecule is CCOC(=O)C1CC(N)CCO1.Cl. The van der Waals surface area contributed by atoms with Crippen LogP contribution in [0.4, 0.5) is 0 Å². The van der Waals surface area contributed by atoms with Crippen LogP contribution in [0.15, 0.2) is 0 Å². The molecule has 2 unspecified atom stereocenters. The Balaban J connectivity index is 0.00000144. The summed E-state index contributed by atoms with van der Waals surface area (Å²) >= 11 is 0. The van der Waals surface area contributed by atoms with Crippen LogP contribution >= 0.6 is 12.4 Å². The van der Waals surface area contributed by atoms with Crippen LogP contribution in [0.2, 0.25) is 0 Å². The highest BCUT2D eigenvalue weighted by atomic mass is 35.5. The molecule has 1 aliphatic rings. The standard InChI is InChI=1S/C8H15NO3.ClH/c1-2-11-8(10)7-5-6(9)3-4-12-7;/h6-7H,2-5,9H2,1H3;1H. The molecule has 0 radical (unpaired) electrons. The number of ether oxygens (including phenoxy) is 2. The first-order chi connectivity index (χ1) is 5.74. The van der Waals surface area contributed by atoms with E-state index in [2.05, 4.69) is 0 Å². The predicted octanol–water partition coefficient (Wildman–Crippen LogP) is 0.478. The molecule has 2 N–H and O–H groups in total. The Kier molecular flexibility index (Phi) is 6.03. The van der Waals surface area contributed by atoms with Crippen LogP contribution in [0.5, 0.6) is 0 Å². The van der Waals surface area contributed by atoms with E-state index in [1.165, 1.54) is 0 Å². The van der Waals surface area contributed by atoms with Gasteiger partial charge in [0.2, 0.25) is 0 Å². The van der Waals surface area contributed by atoms with Gasteiger partial charge in [0.05, 0.1) is 6.61 Å². The summed E-state index contributed by atoms with van der Waals surface area (Å²) in [6.45, 7) is 2.74. The Morgan fingerprint density at radius 3 is 2.92 bits per heavy atom. The van der Waals surface area contributed by atoms with Gasteiger partial charge in [0, 0.05) is 12.6 Å². The van der Waals surface area contributed by atoms with Gasteiger partial charge in [0.1, 0.15) is 0 Å². The zero-order valence-electron chi connectivity index (χ0n) is 7.69. The van der Waals surface area contributed by atoms with E-state index in [4.69, 9.17) is 15.2 Å². The van der Waals surface area contributed by atoms with Crippen LogP contribution in [-0.4, -0.2) is 31.3 Å². The van der Waals surface area contributed by atoms with E-state index in [0.29, 0.717) is 19.6 Å².